The highest BCUT2D eigenvalue weighted by atomic mass is 35.5. The Morgan fingerprint density at radius 1 is 1.05 bits per heavy atom. The number of hydrogen-bond acceptors (Lipinski definition) is 4. The number of piperazine rings is 1. The summed E-state index contributed by atoms with van der Waals surface area (Å²) in [5, 5.41) is 10.0. The van der Waals surface area contributed by atoms with E-state index in [0.29, 0.717) is 12.7 Å². The van der Waals surface area contributed by atoms with Crippen molar-refractivity contribution in [3.8, 4) is 0 Å². The van der Waals surface area contributed by atoms with E-state index >= 15 is 0 Å². The molecule has 0 spiro atoms. The molecule has 2 aliphatic rings. The number of β-amino-alcohol motifs (C(OH)–C–C–N with tert-alkyl or cyclic N) is 1. The average molecular weight is 329 g/mol. The maximum atomic E-state index is 10.0. The van der Waals surface area contributed by atoms with Gasteiger partial charge in [-0.3, -0.25) is 4.90 Å². The van der Waals surface area contributed by atoms with Crippen LogP contribution in [0.25, 0.3) is 0 Å². The number of nitrogens with zero attached hydrogens (tertiary/aromatic N) is 2. The molecule has 1 saturated carbocycles. The molecule has 1 atom stereocenters. The van der Waals surface area contributed by atoms with Gasteiger partial charge in [-0.05, 0) is 19.9 Å². The van der Waals surface area contributed by atoms with Crippen molar-refractivity contribution in [3.63, 3.8) is 0 Å². The van der Waals surface area contributed by atoms with Gasteiger partial charge < -0.3 is 14.7 Å². The van der Waals surface area contributed by atoms with Crippen molar-refractivity contribution in [2.24, 2.45) is 0 Å². The lowest BCUT2D eigenvalue weighted by atomic mass is 9.98. The zero-order valence-corrected chi connectivity index (χ0v) is 14.1. The van der Waals surface area contributed by atoms with Gasteiger partial charge >= 0.3 is 0 Å². The fourth-order valence-electron chi connectivity index (χ4n) is 2.86. The van der Waals surface area contributed by atoms with E-state index in [1.165, 1.54) is 32.1 Å². The van der Waals surface area contributed by atoms with Gasteiger partial charge in [-0.1, -0.05) is 19.3 Å². The summed E-state index contributed by atoms with van der Waals surface area (Å²) in [6.07, 6.45) is 6.38. The van der Waals surface area contributed by atoms with E-state index in [4.69, 9.17) is 4.74 Å². The van der Waals surface area contributed by atoms with E-state index in [9.17, 15) is 5.11 Å². The molecule has 2 fully saturated rings. The lowest BCUT2D eigenvalue weighted by molar-refractivity contribution is -0.0363. The van der Waals surface area contributed by atoms with Crippen LogP contribution in [0.2, 0.25) is 0 Å². The maximum absolute atomic E-state index is 10.0. The van der Waals surface area contributed by atoms with E-state index in [2.05, 4.69) is 16.8 Å². The van der Waals surface area contributed by atoms with Gasteiger partial charge in [0, 0.05) is 32.7 Å². The van der Waals surface area contributed by atoms with Gasteiger partial charge in [0.2, 0.25) is 0 Å². The van der Waals surface area contributed by atoms with Gasteiger partial charge in [0.15, 0.2) is 0 Å². The Balaban J connectivity index is 0.00000180. The molecule has 0 aromatic rings. The summed E-state index contributed by atoms with van der Waals surface area (Å²) < 4.78 is 5.82. The van der Waals surface area contributed by atoms with Crippen LogP contribution in [0.15, 0.2) is 0 Å². The molecule has 1 saturated heterocycles. The molecule has 1 N–H and O–H groups in total. The molecule has 0 aromatic carbocycles. The van der Waals surface area contributed by atoms with Gasteiger partial charge in [0.1, 0.15) is 0 Å². The smallest absolute Gasteiger partial charge is 0.0900 e. The predicted molar refractivity (Wildman–Crippen MR) is 87.3 cm³/mol. The molecule has 1 heterocycles. The van der Waals surface area contributed by atoms with Crippen LogP contribution >= 0.6 is 24.8 Å². The minimum absolute atomic E-state index is 0. The molecule has 20 heavy (non-hydrogen) atoms. The largest absolute Gasteiger partial charge is 0.389 e. The van der Waals surface area contributed by atoms with Crippen molar-refractivity contribution in [3.05, 3.63) is 0 Å². The topological polar surface area (TPSA) is 35.9 Å². The van der Waals surface area contributed by atoms with Crippen LogP contribution in [0, 0.1) is 0 Å². The van der Waals surface area contributed by atoms with Crippen molar-refractivity contribution in [2.45, 2.75) is 44.3 Å². The number of aliphatic hydroxyl groups excluding tert-OH is 1. The Hall–Kier alpha value is 0.420. The number of ether oxygens (including phenoxy) is 1. The van der Waals surface area contributed by atoms with Gasteiger partial charge in [-0.2, -0.15) is 0 Å². The zero-order chi connectivity index (χ0) is 12.8. The minimum atomic E-state index is -0.324. The monoisotopic (exact) mass is 328 g/mol. The molecule has 4 nitrogen and oxygen atoms in total. The van der Waals surface area contributed by atoms with Gasteiger partial charge in [-0.25, -0.2) is 0 Å². The SMILES string of the molecule is CN1CCN(CC(O)COC2CCCCC2)CC1.Cl.Cl. The molecule has 0 radical (unpaired) electrons. The Kier molecular flexibility index (Phi) is 11.3. The summed E-state index contributed by atoms with van der Waals surface area (Å²) in [4.78, 5) is 4.68. The molecule has 2 rings (SSSR count). The molecular weight excluding hydrogens is 299 g/mol. The molecule has 6 heteroatoms. The van der Waals surface area contributed by atoms with Crippen molar-refractivity contribution < 1.29 is 9.84 Å². The number of halogens is 2. The second kappa shape index (κ2) is 11.0. The Bertz CT molecular complexity index is 233. The summed E-state index contributed by atoms with van der Waals surface area (Å²) >= 11 is 0. The average Bonchev–Trinajstić information content (AvgIpc) is 2.40. The summed E-state index contributed by atoms with van der Waals surface area (Å²) in [6.45, 7) is 5.62. The highest BCUT2D eigenvalue weighted by molar-refractivity contribution is 5.85. The second-order valence-electron chi connectivity index (χ2n) is 5.85. The Labute approximate surface area is 135 Å². The highest BCUT2D eigenvalue weighted by Gasteiger charge is 2.19. The molecule has 0 bridgehead atoms. The van der Waals surface area contributed by atoms with Crippen molar-refractivity contribution in [1.29, 1.82) is 0 Å². The minimum Gasteiger partial charge on any atom is -0.389 e. The fourth-order valence-corrected chi connectivity index (χ4v) is 2.86. The summed E-state index contributed by atoms with van der Waals surface area (Å²) in [5.74, 6) is 0. The van der Waals surface area contributed by atoms with Crippen molar-refractivity contribution in [1.82, 2.24) is 9.80 Å². The number of hydrogen-bond donors (Lipinski definition) is 1. The third-order valence-corrected chi connectivity index (χ3v) is 4.14. The second-order valence-corrected chi connectivity index (χ2v) is 5.85. The first kappa shape index (κ1) is 20.4. The lowest BCUT2D eigenvalue weighted by Crippen LogP contribution is -2.47. The Morgan fingerprint density at radius 3 is 2.25 bits per heavy atom. The molecule has 1 unspecified atom stereocenters. The lowest BCUT2D eigenvalue weighted by Gasteiger charge is -2.33. The maximum Gasteiger partial charge on any atom is 0.0900 e. The van der Waals surface area contributed by atoms with Gasteiger partial charge in [0.25, 0.3) is 0 Å². The Morgan fingerprint density at radius 2 is 1.65 bits per heavy atom. The number of likely N-dealkylation sites (N-methyl/N-ethyl adjacent to an activating group) is 1. The molecule has 1 aliphatic carbocycles. The van der Waals surface area contributed by atoms with Crippen LogP contribution in [0.4, 0.5) is 0 Å². The van der Waals surface area contributed by atoms with Gasteiger partial charge in [-0.15, -0.1) is 24.8 Å². The van der Waals surface area contributed by atoms with E-state index in [1.807, 2.05) is 0 Å². The normalized spacial score (nSPS) is 23.7. The van der Waals surface area contributed by atoms with Crippen LogP contribution < -0.4 is 0 Å². The van der Waals surface area contributed by atoms with Crippen LogP contribution in [-0.4, -0.2) is 73.5 Å². The molecular formula is C14H30Cl2N2O2. The summed E-state index contributed by atoms with van der Waals surface area (Å²) in [6, 6.07) is 0. The predicted octanol–water partition coefficient (Wildman–Crippen LogP) is 1.79. The molecule has 0 amide bonds. The van der Waals surface area contributed by atoms with E-state index < -0.39 is 0 Å². The first-order chi connectivity index (χ1) is 8.74. The van der Waals surface area contributed by atoms with E-state index in [-0.39, 0.29) is 30.9 Å². The molecule has 122 valence electrons. The summed E-state index contributed by atoms with van der Waals surface area (Å²) in [7, 11) is 2.15. The molecule has 1 aliphatic heterocycles. The van der Waals surface area contributed by atoms with Crippen LogP contribution in [-0.2, 0) is 4.74 Å². The fraction of sp³-hybridized carbons (Fsp3) is 1.00. The van der Waals surface area contributed by atoms with Gasteiger partial charge in [0.05, 0.1) is 18.8 Å². The van der Waals surface area contributed by atoms with E-state index in [0.717, 1.165) is 32.7 Å². The van der Waals surface area contributed by atoms with Crippen molar-refractivity contribution in [2.75, 3.05) is 46.4 Å². The first-order valence-corrected chi connectivity index (χ1v) is 7.44. The summed E-state index contributed by atoms with van der Waals surface area (Å²) in [5.41, 5.74) is 0. The van der Waals surface area contributed by atoms with Crippen molar-refractivity contribution >= 4 is 24.8 Å². The zero-order valence-electron chi connectivity index (χ0n) is 12.5. The van der Waals surface area contributed by atoms with Crippen LogP contribution in [0.1, 0.15) is 32.1 Å². The standard InChI is InChI=1S/C14H28N2O2.2ClH/c1-15-7-9-16(10-8-15)11-13(17)12-18-14-5-3-2-4-6-14;;/h13-14,17H,2-12H2,1H3;2*1H. The number of aliphatic hydroxyl groups is 1. The molecule has 0 aromatic heterocycles. The van der Waals surface area contributed by atoms with Crippen LogP contribution in [0.5, 0.6) is 0 Å². The van der Waals surface area contributed by atoms with E-state index in [1.54, 1.807) is 0 Å². The third kappa shape index (κ3) is 7.43. The third-order valence-electron chi connectivity index (χ3n) is 4.14. The quantitative estimate of drug-likeness (QED) is 0.834. The first-order valence-electron chi connectivity index (χ1n) is 7.44. The highest BCUT2D eigenvalue weighted by Crippen LogP contribution is 2.20. The van der Waals surface area contributed by atoms with Crippen LogP contribution in [0.3, 0.4) is 0 Å². The number of rotatable bonds is 5.